The van der Waals surface area contributed by atoms with Crippen LogP contribution in [0.4, 0.5) is 11.4 Å². The van der Waals surface area contributed by atoms with Crippen LogP contribution in [-0.2, 0) is 9.59 Å². The smallest absolute Gasteiger partial charge is 0.282 e. The minimum absolute atomic E-state index is 0.157. The zero-order chi connectivity index (χ0) is 24.1. The Hall–Kier alpha value is -4.26. The van der Waals surface area contributed by atoms with Crippen LogP contribution in [0.5, 0.6) is 17.2 Å². The van der Waals surface area contributed by atoms with Crippen LogP contribution < -0.4 is 24.4 Å². The Balaban J connectivity index is 1.82. The van der Waals surface area contributed by atoms with Gasteiger partial charge in [0.25, 0.3) is 11.8 Å². The normalized spacial score (nSPS) is 13.3. The van der Waals surface area contributed by atoms with Gasteiger partial charge in [-0.1, -0.05) is 36.4 Å². The average molecular weight is 459 g/mol. The number of amides is 2. The van der Waals surface area contributed by atoms with Crippen molar-refractivity contribution in [3.05, 3.63) is 84.1 Å². The summed E-state index contributed by atoms with van der Waals surface area (Å²) >= 11 is 0. The Labute approximate surface area is 198 Å². The highest BCUT2D eigenvalue weighted by molar-refractivity contribution is 6.46. The first-order chi connectivity index (χ1) is 16.6. The number of ether oxygens (including phenoxy) is 3. The van der Waals surface area contributed by atoms with E-state index < -0.39 is 11.8 Å². The lowest BCUT2D eigenvalue weighted by molar-refractivity contribution is -0.120. The van der Waals surface area contributed by atoms with Crippen molar-refractivity contribution >= 4 is 28.8 Å². The lowest BCUT2D eigenvalue weighted by atomic mass is 10.0. The molecular weight excluding hydrogens is 432 g/mol. The van der Waals surface area contributed by atoms with Crippen molar-refractivity contribution in [1.82, 2.24) is 0 Å². The molecule has 0 aromatic heterocycles. The Bertz CT molecular complexity index is 1240. The molecule has 0 saturated heterocycles. The highest BCUT2D eigenvalue weighted by Crippen LogP contribution is 2.38. The Morgan fingerprint density at radius 3 is 2.15 bits per heavy atom. The SMILES string of the molecule is CCOc1ccc(NC2=C(c3ccccc3OC)C(=O)N(c3ccccc3)C2=O)cc1OCC. The number of para-hydroxylation sites is 2. The number of methoxy groups -OCH3 is 1. The predicted octanol–water partition coefficient (Wildman–Crippen LogP) is 4.89. The van der Waals surface area contributed by atoms with E-state index in [-0.39, 0.29) is 11.3 Å². The maximum Gasteiger partial charge on any atom is 0.282 e. The van der Waals surface area contributed by atoms with Crippen LogP contribution in [0.3, 0.4) is 0 Å². The number of carbonyl (C=O) groups is 2. The van der Waals surface area contributed by atoms with Gasteiger partial charge in [-0.25, -0.2) is 4.90 Å². The molecule has 0 spiro atoms. The van der Waals surface area contributed by atoms with Gasteiger partial charge in [0, 0.05) is 17.3 Å². The fourth-order valence-electron chi connectivity index (χ4n) is 3.83. The van der Waals surface area contributed by atoms with E-state index in [1.165, 1.54) is 12.0 Å². The summed E-state index contributed by atoms with van der Waals surface area (Å²) in [5.41, 5.74) is 2.00. The molecule has 3 aromatic carbocycles. The molecule has 0 aliphatic carbocycles. The molecule has 1 aliphatic heterocycles. The number of nitrogens with zero attached hydrogens (tertiary/aromatic N) is 1. The summed E-state index contributed by atoms with van der Waals surface area (Å²) in [7, 11) is 1.53. The summed E-state index contributed by atoms with van der Waals surface area (Å²) in [6.07, 6.45) is 0. The van der Waals surface area contributed by atoms with Gasteiger partial charge in [0.05, 0.1) is 31.6 Å². The van der Waals surface area contributed by atoms with Crippen LogP contribution in [0.25, 0.3) is 5.57 Å². The van der Waals surface area contributed by atoms with Crippen molar-refractivity contribution in [2.75, 3.05) is 30.5 Å². The number of benzene rings is 3. The standard InChI is InChI=1S/C27H26N2O5/c1-4-33-22-16-15-18(17-23(22)34-5-2)28-25-24(20-13-9-10-14-21(20)32-3)26(30)29(27(25)31)19-11-7-6-8-12-19/h6-17,28H,4-5H2,1-3H3. The summed E-state index contributed by atoms with van der Waals surface area (Å²) in [4.78, 5) is 28.3. The van der Waals surface area contributed by atoms with E-state index in [9.17, 15) is 9.59 Å². The molecule has 4 rings (SSSR count). The second-order valence-corrected chi connectivity index (χ2v) is 7.38. The third kappa shape index (κ3) is 4.32. The number of rotatable bonds is 9. The molecule has 3 aromatic rings. The van der Waals surface area contributed by atoms with E-state index >= 15 is 0 Å². The van der Waals surface area contributed by atoms with Crippen LogP contribution in [-0.4, -0.2) is 32.1 Å². The first kappa shape index (κ1) is 22.9. The van der Waals surface area contributed by atoms with Gasteiger partial charge in [-0.3, -0.25) is 9.59 Å². The van der Waals surface area contributed by atoms with Crippen molar-refractivity contribution in [2.45, 2.75) is 13.8 Å². The van der Waals surface area contributed by atoms with E-state index in [0.29, 0.717) is 47.4 Å². The maximum absolute atomic E-state index is 13.6. The molecule has 0 bridgehead atoms. The number of carbonyl (C=O) groups excluding carboxylic acids is 2. The molecule has 2 amide bonds. The van der Waals surface area contributed by atoms with E-state index in [4.69, 9.17) is 14.2 Å². The van der Waals surface area contributed by atoms with Crippen LogP contribution >= 0.6 is 0 Å². The molecule has 1 N–H and O–H groups in total. The van der Waals surface area contributed by atoms with E-state index in [1.807, 2.05) is 26.0 Å². The van der Waals surface area contributed by atoms with Gasteiger partial charge < -0.3 is 19.5 Å². The van der Waals surface area contributed by atoms with Gasteiger partial charge >= 0.3 is 0 Å². The van der Waals surface area contributed by atoms with Gasteiger partial charge in [-0.05, 0) is 44.2 Å². The third-order valence-corrected chi connectivity index (χ3v) is 5.29. The summed E-state index contributed by atoms with van der Waals surface area (Å²) in [6.45, 7) is 4.73. The van der Waals surface area contributed by atoms with Crippen molar-refractivity contribution in [2.24, 2.45) is 0 Å². The lowest BCUT2D eigenvalue weighted by Gasteiger charge is -2.16. The highest BCUT2D eigenvalue weighted by atomic mass is 16.5. The van der Waals surface area contributed by atoms with Crippen LogP contribution in [0.2, 0.25) is 0 Å². The van der Waals surface area contributed by atoms with Crippen LogP contribution in [0, 0.1) is 0 Å². The van der Waals surface area contributed by atoms with Gasteiger partial charge in [-0.2, -0.15) is 0 Å². The highest BCUT2D eigenvalue weighted by Gasteiger charge is 2.41. The van der Waals surface area contributed by atoms with E-state index in [1.54, 1.807) is 60.7 Å². The van der Waals surface area contributed by atoms with Gasteiger partial charge in [0.2, 0.25) is 0 Å². The van der Waals surface area contributed by atoms with Gasteiger partial charge in [0.1, 0.15) is 11.4 Å². The first-order valence-electron chi connectivity index (χ1n) is 11.1. The third-order valence-electron chi connectivity index (χ3n) is 5.29. The zero-order valence-corrected chi connectivity index (χ0v) is 19.3. The number of nitrogens with one attached hydrogen (secondary N) is 1. The molecule has 0 saturated carbocycles. The quantitative estimate of drug-likeness (QED) is 0.460. The average Bonchev–Trinajstić information content (AvgIpc) is 3.10. The molecule has 0 fully saturated rings. The monoisotopic (exact) mass is 458 g/mol. The second kappa shape index (κ2) is 10.1. The largest absolute Gasteiger partial charge is 0.496 e. The first-order valence-corrected chi connectivity index (χ1v) is 11.1. The Kier molecular flexibility index (Phi) is 6.82. The number of imide groups is 1. The van der Waals surface area contributed by atoms with Gasteiger partial charge in [-0.15, -0.1) is 0 Å². The van der Waals surface area contributed by atoms with Crippen molar-refractivity contribution in [3.8, 4) is 17.2 Å². The fraction of sp³-hybridized carbons (Fsp3) is 0.185. The Morgan fingerprint density at radius 1 is 0.765 bits per heavy atom. The van der Waals surface area contributed by atoms with Crippen molar-refractivity contribution in [1.29, 1.82) is 0 Å². The summed E-state index contributed by atoms with van der Waals surface area (Å²) in [5.74, 6) is 0.761. The second-order valence-electron chi connectivity index (χ2n) is 7.38. The number of anilines is 2. The molecule has 0 radical (unpaired) electrons. The molecule has 174 valence electrons. The summed E-state index contributed by atoms with van der Waals surface area (Å²) in [6, 6.07) is 21.3. The lowest BCUT2D eigenvalue weighted by Crippen LogP contribution is -2.32. The van der Waals surface area contributed by atoms with Gasteiger partial charge in [0.15, 0.2) is 11.5 Å². The summed E-state index contributed by atoms with van der Waals surface area (Å²) in [5, 5.41) is 3.17. The van der Waals surface area contributed by atoms with E-state index in [2.05, 4.69) is 5.32 Å². The fourth-order valence-corrected chi connectivity index (χ4v) is 3.83. The molecule has 0 unspecified atom stereocenters. The Morgan fingerprint density at radius 2 is 1.44 bits per heavy atom. The minimum atomic E-state index is -0.455. The molecule has 1 heterocycles. The van der Waals surface area contributed by atoms with Crippen LogP contribution in [0.15, 0.2) is 78.5 Å². The van der Waals surface area contributed by atoms with Crippen molar-refractivity contribution in [3.63, 3.8) is 0 Å². The predicted molar refractivity (Wildman–Crippen MR) is 131 cm³/mol. The topological polar surface area (TPSA) is 77.1 Å². The number of hydrogen-bond donors (Lipinski definition) is 1. The zero-order valence-electron chi connectivity index (χ0n) is 19.3. The van der Waals surface area contributed by atoms with Crippen LogP contribution in [0.1, 0.15) is 19.4 Å². The molecule has 1 aliphatic rings. The molecule has 7 nitrogen and oxygen atoms in total. The molecule has 7 heteroatoms. The minimum Gasteiger partial charge on any atom is -0.496 e. The van der Waals surface area contributed by atoms with Crippen molar-refractivity contribution < 1.29 is 23.8 Å². The number of hydrogen-bond acceptors (Lipinski definition) is 6. The maximum atomic E-state index is 13.6. The van der Waals surface area contributed by atoms with E-state index in [0.717, 1.165) is 0 Å². The molecule has 0 atom stereocenters. The molecule has 34 heavy (non-hydrogen) atoms. The molecular formula is C27H26N2O5. The summed E-state index contributed by atoms with van der Waals surface area (Å²) < 4.78 is 16.8.